The van der Waals surface area contributed by atoms with Crippen LogP contribution in [-0.2, 0) is 9.53 Å². The van der Waals surface area contributed by atoms with Gasteiger partial charge in [0.05, 0.1) is 31.9 Å². The van der Waals surface area contributed by atoms with Crippen molar-refractivity contribution in [1.82, 2.24) is 10.3 Å². The van der Waals surface area contributed by atoms with E-state index in [-0.39, 0.29) is 24.5 Å². The van der Waals surface area contributed by atoms with Crippen LogP contribution in [0.25, 0.3) is 11.1 Å². The normalized spacial score (nSPS) is 11.6. The van der Waals surface area contributed by atoms with E-state index in [1.807, 2.05) is 0 Å². The molecule has 8 heteroatoms. The first kappa shape index (κ1) is 22.2. The molecule has 1 aromatic heterocycles. The van der Waals surface area contributed by atoms with Gasteiger partial charge in [0.1, 0.15) is 11.4 Å². The maximum atomic E-state index is 12.9. The third-order valence-corrected chi connectivity index (χ3v) is 4.53. The molecule has 0 fully saturated rings. The van der Waals surface area contributed by atoms with E-state index in [0.717, 1.165) is 0 Å². The Labute approximate surface area is 169 Å². The van der Waals surface area contributed by atoms with Gasteiger partial charge in [-0.3, -0.25) is 9.59 Å². The fourth-order valence-corrected chi connectivity index (χ4v) is 2.94. The summed E-state index contributed by atoms with van der Waals surface area (Å²) < 4.78 is 10.3. The first-order valence-electron chi connectivity index (χ1n) is 9.37. The molecule has 0 spiro atoms. The summed E-state index contributed by atoms with van der Waals surface area (Å²) in [5.74, 6) is -1.68. The molecule has 29 heavy (non-hydrogen) atoms. The molecule has 1 amide bonds. The number of aromatic nitrogens is 1. The van der Waals surface area contributed by atoms with Gasteiger partial charge in [-0.25, -0.2) is 4.79 Å². The van der Waals surface area contributed by atoms with Gasteiger partial charge in [0.2, 0.25) is 0 Å². The SMILES string of the molecule is CCOC(=O)c1c(C)[nH]c(C(=O)C(=O)N[C@@H](CC)CO)c1-c1ccc(OC)cc1. The number of carbonyl (C=O) groups excluding carboxylic acids is 3. The van der Waals surface area contributed by atoms with E-state index < -0.39 is 23.7 Å². The third kappa shape index (κ3) is 4.83. The smallest absolute Gasteiger partial charge is 0.340 e. The minimum absolute atomic E-state index is 0.0130. The Hall–Kier alpha value is -3.13. The van der Waals surface area contributed by atoms with Crippen molar-refractivity contribution in [2.24, 2.45) is 0 Å². The molecule has 2 aromatic rings. The Kier molecular flexibility index (Phi) is 7.55. The molecular weight excluding hydrogens is 376 g/mol. The van der Waals surface area contributed by atoms with Crippen molar-refractivity contribution in [3.8, 4) is 16.9 Å². The van der Waals surface area contributed by atoms with Crippen LogP contribution in [0.4, 0.5) is 0 Å². The second-order valence-electron chi connectivity index (χ2n) is 6.41. The molecular formula is C21H26N2O6. The lowest BCUT2D eigenvalue weighted by atomic mass is 9.98. The number of esters is 1. The summed E-state index contributed by atoms with van der Waals surface area (Å²) in [4.78, 5) is 40.7. The van der Waals surface area contributed by atoms with E-state index in [9.17, 15) is 19.5 Å². The van der Waals surface area contributed by atoms with Crippen LogP contribution in [0, 0.1) is 6.92 Å². The number of aliphatic hydroxyl groups excluding tert-OH is 1. The molecule has 0 aliphatic carbocycles. The monoisotopic (exact) mass is 402 g/mol. The number of benzene rings is 1. The molecule has 2 rings (SSSR count). The predicted molar refractivity (Wildman–Crippen MR) is 107 cm³/mol. The number of methoxy groups -OCH3 is 1. The number of aryl methyl sites for hydroxylation is 1. The maximum Gasteiger partial charge on any atom is 0.340 e. The Morgan fingerprint density at radius 3 is 2.34 bits per heavy atom. The van der Waals surface area contributed by atoms with Gasteiger partial charge in [0.15, 0.2) is 0 Å². The molecule has 0 saturated heterocycles. The van der Waals surface area contributed by atoms with Crippen molar-refractivity contribution < 1.29 is 29.0 Å². The van der Waals surface area contributed by atoms with Gasteiger partial charge in [-0.15, -0.1) is 0 Å². The lowest BCUT2D eigenvalue weighted by Gasteiger charge is -2.13. The van der Waals surface area contributed by atoms with Crippen molar-refractivity contribution in [2.75, 3.05) is 20.3 Å². The van der Waals surface area contributed by atoms with Crippen molar-refractivity contribution in [3.05, 3.63) is 41.2 Å². The Morgan fingerprint density at radius 1 is 1.17 bits per heavy atom. The molecule has 0 aliphatic rings. The van der Waals surface area contributed by atoms with Crippen LogP contribution in [0.3, 0.4) is 0 Å². The van der Waals surface area contributed by atoms with Gasteiger partial charge < -0.3 is 24.9 Å². The van der Waals surface area contributed by atoms with Crippen LogP contribution >= 0.6 is 0 Å². The number of carbonyl (C=O) groups is 3. The number of ketones is 1. The zero-order valence-corrected chi connectivity index (χ0v) is 17.0. The number of amides is 1. The number of rotatable bonds is 9. The number of aromatic amines is 1. The summed E-state index contributed by atoms with van der Waals surface area (Å²) in [5, 5.41) is 11.8. The van der Waals surface area contributed by atoms with Crippen LogP contribution < -0.4 is 10.1 Å². The second kappa shape index (κ2) is 9.88. The fourth-order valence-electron chi connectivity index (χ4n) is 2.94. The number of ether oxygens (including phenoxy) is 2. The summed E-state index contributed by atoms with van der Waals surface area (Å²) in [7, 11) is 1.53. The minimum atomic E-state index is -0.864. The van der Waals surface area contributed by atoms with E-state index in [4.69, 9.17) is 9.47 Å². The third-order valence-electron chi connectivity index (χ3n) is 4.53. The highest BCUT2D eigenvalue weighted by Crippen LogP contribution is 2.32. The Morgan fingerprint density at radius 2 is 1.83 bits per heavy atom. The van der Waals surface area contributed by atoms with Gasteiger partial charge in [-0.2, -0.15) is 0 Å². The van der Waals surface area contributed by atoms with Crippen molar-refractivity contribution >= 4 is 17.7 Å². The molecule has 0 bridgehead atoms. The van der Waals surface area contributed by atoms with Gasteiger partial charge in [0.25, 0.3) is 11.7 Å². The van der Waals surface area contributed by atoms with Crippen LogP contribution in [0.5, 0.6) is 5.75 Å². The van der Waals surface area contributed by atoms with E-state index >= 15 is 0 Å². The molecule has 8 nitrogen and oxygen atoms in total. The molecule has 0 radical (unpaired) electrons. The maximum absolute atomic E-state index is 12.9. The van der Waals surface area contributed by atoms with Crippen molar-refractivity contribution in [3.63, 3.8) is 0 Å². The van der Waals surface area contributed by atoms with E-state index in [1.54, 1.807) is 45.0 Å². The summed E-state index contributed by atoms with van der Waals surface area (Å²) >= 11 is 0. The summed E-state index contributed by atoms with van der Waals surface area (Å²) in [6.07, 6.45) is 0.471. The van der Waals surface area contributed by atoms with Crippen LogP contribution in [0.2, 0.25) is 0 Å². The first-order valence-corrected chi connectivity index (χ1v) is 9.37. The number of hydrogen-bond acceptors (Lipinski definition) is 6. The molecule has 0 aliphatic heterocycles. The zero-order chi connectivity index (χ0) is 21.6. The van der Waals surface area contributed by atoms with Crippen LogP contribution in [0.1, 0.15) is 46.8 Å². The first-order chi connectivity index (χ1) is 13.9. The molecule has 156 valence electrons. The predicted octanol–water partition coefficient (Wildman–Crippen LogP) is 2.25. The fraction of sp³-hybridized carbons (Fsp3) is 0.381. The second-order valence-corrected chi connectivity index (χ2v) is 6.41. The average molecular weight is 402 g/mol. The summed E-state index contributed by atoms with van der Waals surface area (Å²) in [6.45, 7) is 5.00. The number of Topliss-reactive ketones (excluding diaryl/α,β-unsaturated/α-hetero) is 1. The molecule has 0 saturated carbocycles. The minimum Gasteiger partial charge on any atom is -0.497 e. The van der Waals surface area contributed by atoms with Crippen LogP contribution in [-0.4, -0.2) is 54.1 Å². The van der Waals surface area contributed by atoms with E-state index in [2.05, 4.69) is 10.3 Å². The molecule has 1 aromatic carbocycles. The highest BCUT2D eigenvalue weighted by molar-refractivity contribution is 6.44. The summed E-state index contributed by atoms with van der Waals surface area (Å²) in [6, 6.07) is 6.25. The lowest BCUT2D eigenvalue weighted by Crippen LogP contribution is -2.41. The van der Waals surface area contributed by atoms with Gasteiger partial charge in [-0.1, -0.05) is 19.1 Å². The standard InChI is InChI=1S/C21H26N2O6/c1-5-14(11-24)23-20(26)19(25)18-17(13-7-9-15(28-4)10-8-13)16(12(3)22-18)21(27)29-6-2/h7-10,14,22,24H,5-6,11H2,1-4H3,(H,23,26)/t14-/m0/s1. The number of H-pyrrole nitrogens is 1. The van der Waals surface area contributed by atoms with E-state index in [0.29, 0.717) is 29.0 Å². The van der Waals surface area contributed by atoms with Crippen LogP contribution in [0.15, 0.2) is 24.3 Å². The molecule has 1 heterocycles. The van der Waals surface area contributed by atoms with Crippen molar-refractivity contribution in [2.45, 2.75) is 33.2 Å². The van der Waals surface area contributed by atoms with Gasteiger partial charge >= 0.3 is 5.97 Å². The topological polar surface area (TPSA) is 118 Å². The quantitative estimate of drug-likeness (QED) is 0.336. The summed E-state index contributed by atoms with van der Waals surface area (Å²) in [5.41, 5.74) is 1.45. The average Bonchev–Trinajstić information content (AvgIpc) is 3.08. The van der Waals surface area contributed by atoms with E-state index in [1.165, 1.54) is 7.11 Å². The molecule has 1 atom stereocenters. The number of hydrogen-bond donors (Lipinski definition) is 3. The number of nitrogens with one attached hydrogen (secondary N) is 2. The number of aliphatic hydroxyl groups is 1. The van der Waals surface area contributed by atoms with Gasteiger partial charge in [-0.05, 0) is 38.0 Å². The lowest BCUT2D eigenvalue weighted by molar-refractivity contribution is -0.118. The van der Waals surface area contributed by atoms with Gasteiger partial charge in [0, 0.05) is 11.3 Å². The highest BCUT2D eigenvalue weighted by atomic mass is 16.5. The zero-order valence-electron chi connectivity index (χ0n) is 17.0. The largest absolute Gasteiger partial charge is 0.497 e. The molecule has 0 unspecified atom stereocenters. The Balaban J connectivity index is 2.56. The Bertz CT molecular complexity index is 881. The van der Waals surface area contributed by atoms with Crippen molar-refractivity contribution in [1.29, 1.82) is 0 Å². The molecule has 3 N–H and O–H groups in total. The highest BCUT2D eigenvalue weighted by Gasteiger charge is 2.30.